The fourth-order valence-electron chi connectivity index (χ4n) is 7.11. The van der Waals surface area contributed by atoms with Crippen LogP contribution in [0.4, 0.5) is 13.2 Å². The van der Waals surface area contributed by atoms with Crippen molar-refractivity contribution in [2.24, 2.45) is 0 Å². The zero-order valence-corrected chi connectivity index (χ0v) is 26.5. The number of amides is 2. The second-order valence-electron chi connectivity index (χ2n) is 12.5. The Morgan fingerprint density at radius 1 is 1.00 bits per heavy atom. The number of alkyl halides is 3. The number of carbonyl (C=O) groups excluding carboxylic acids is 2. The van der Waals surface area contributed by atoms with Crippen molar-refractivity contribution in [1.29, 1.82) is 0 Å². The van der Waals surface area contributed by atoms with Crippen molar-refractivity contribution in [2.45, 2.75) is 56.3 Å². The summed E-state index contributed by atoms with van der Waals surface area (Å²) in [6, 6.07) is 9.32. The fraction of sp³-hybridized carbons (Fsp3) is 0.515. The number of hydrogen-bond donors (Lipinski definition) is 0. The van der Waals surface area contributed by atoms with Gasteiger partial charge in [0.2, 0.25) is 5.91 Å². The van der Waals surface area contributed by atoms with E-state index in [1.807, 2.05) is 24.3 Å². The average Bonchev–Trinajstić information content (AvgIpc) is 3.76. The maximum atomic E-state index is 14.3. The van der Waals surface area contributed by atoms with E-state index in [0.717, 1.165) is 25.0 Å². The Balaban J connectivity index is 1.14. The van der Waals surface area contributed by atoms with Gasteiger partial charge < -0.3 is 28.7 Å². The molecule has 48 heavy (non-hydrogen) atoms. The Hall–Kier alpha value is -4.21. The van der Waals surface area contributed by atoms with Crippen LogP contribution in [0.3, 0.4) is 0 Å². The SMILES string of the molecule is COc1ccccc1-n1cc(CO[C@@H]2C[C@H]3C(=O)N4CCN(C5CCOCC5)C[C@H]4COc4ccc(C(F)(F)F)cc4C(=O)N3C2)nn1. The number of fused-ring (bicyclic) bond motifs is 3. The number of ether oxygens (including phenoxy) is 4. The Labute approximate surface area is 275 Å². The summed E-state index contributed by atoms with van der Waals surface area (Å²) in [4.78, 5) is 33.7. The Morgan fingerprint density at radius 3 is 2.60 bits per heavy atom. The van der Waals surface area contributed by atoms with Crippen LogP contribution in [-0.4, -0.2) is 119 Å². The third-order valence-electron chi connectivity index (χ3n) is 9.62. The smallest absolute Gasteiger partial charge is 0.416 e. The average molecular weight is 671 g/mol. The number of para-hydroxylation sites is 2. The molecule has 4 aliphatic heterocycles. The summed E-state index contributed by atoms with van der Waals surface area (Å²) in [5, 5.41) is 8.39. The van der Waals surface area contributed by atoms with Gasteiger partial charge in [0, 0.05) is 51.9 Å². The minimum atomic E-state index is -4.66. The highest BCUT2D eigenvalue weighted by Gasteiger charge is 2.46. The summed E-state index contributed by atoms with van der Waals surface area (Å²) < 4.78 is 66.1. The zero-order chi connectivity index (χ0) is 33.4. The fourth-order valence-corrected chi connectivity index (χ4v) is 7.11. The molecule has 0 N–H and O–H groups in total. The van der Waals surface area contributed by atoms with Crippen LogP contribution in [0.1, 0.15) is 40.9 Å². The number of methoxy groups -OCH3 is 1. The summed E-state index contributed by atoms with van der Waals surface area (Å²) in [5.74, 6) is -0.292. The molecule has 3 saturated heterocycles. The molecule has 2 amide bonds. The topological polar surface area (TPSA) is 111 Å². The van der Waals surface area contributed by atoms with Crippen LogP contribution in [0, 0.1) is 0 Å². The van der Waals surface area contributed by atoms with Crippen molar-refractivity contribution in [1.82, 2.24) is 29.7 Å². The molecule has 256 valence electrons. The van der Waals surface area contributed by atoms with E-state index in [0.29, 0.717) is 56.0 Å². The van der Waals surface area contributed by atoms with Gasteiger partial charge in [0.25, 0.3) is 5.91 Å². The van der Waals surface area contributed by atoms with Crippen molar-refractivity contribution in [2.75, 3.05) is 53.1 Å². The van der Waals surface area contributed by atoms with Gasteiger partial charge in [0.15, 0.2) is 0 Å². The molecule has 12 nitrogen and oxygen atoms in total. The summed E-state index contributed by atoms with van der Waals surface area (Å²) in [5.41, 5.74) is 0.0179. The maximum Gasteiger partial charge on any atom is 0.416 e. The van der Waals surface area contributed by atoms with Crippen LogP contribution in [0.25, 0.3) is 5.69 Å². The Morgan fingerprint density at radius 2 is 1.81 bits per heavy atom. The van der Waals surface area contributed by atoms with Crippen molar-refractivity contribution >= 4 is 11.8 Å². The number of rotatable bonds is 6. The molecule has 0 saturated carbocycles. The van der Waals surface area contributed by atoms with Crippen molar-refractivity contribution < 1.29 is 41.7 Å². The van der Waals surface area contributed by atoms with E-state index in [9.17, 15) is 22.8 Å². The molecule has 0 bridgehead atoms. The van der Waals surface area contributed by atoms with E-state index < -0.39 is 29.8 Å². The molecule has 0 aliphatic carbocycles. The van der Waals surface area contributed by atoms with Gasteiger partial charge in [-0.3, -0.25) is 14.5 Å². The molecular weight excluding hydrogens is 633 g/mol. The highest BCUT2D eigenvalue weighted by Crippen LogP contribution is 2.36. The quantitative estimate of drug-likeness (QED) is 0.391. The van der Waals surface area contributed by atoms with Crippen LogP contribution >= 0.6 is 0 Å². The van der Waals surface area contributed by atoms with Gasteiger partial charge in [-0.05, 0) is 43.2 Å². The molecular formula is C33H37F3N6O6. The lowest BCUT2D eigenvalue weighted by Crippen LogP contribution is -2.62. The summed E-state index contributed by atoms with van der Waals surface area (Å²) in [6.07, 6.45) is -1.56. The first-order valence-corrected chi connectivity index (χ1v) is 16.1. The van der Waals surface area contributed by atoms with Gasteiger partial charge in [-0.2, -0.15) is 13.2 Å². The van der Waals surface area contributed by atoms with Crippen molar-refractivity contribution in [3.05, 3.63) is 65.5 Å². The number of piperazine rings is 1. The van der Waals surface area contributed by atoms with E-state index in [2.05, 4.69) is 15.2 Å². The van der Waals surface area contributed by atoms with Gasteiger partial charge in [0.1, 0.15) is 35.5 Å². The van der Waals surface area contributed by atoms with E-state index in [1.54, 1.807) is 22.9 Å². The second-order valence-corrected chi connectivity index (χ2v) is 12.5. The third kappa shape index (κ3) is 6.45. The van der Waals surface area contributed by atoms with E-state index in [1.165, 1.54) is 11.0 Å². The molecule has 1 aromatic heterocycles. The van der Waals surface area contributed by atoms with Crippen molar-refractivity contribution in [3.63, 3.8) is 0 Å². The molecule has 15 heteroatoms. The number of halogens is 3. The van der Waals surface area contributed by atoms with Crippen LogP contribution in [0.2, 0.25) is 0 Å². The molecule has 4 aliphatic rings. The monoisotopic (exact) mass is 670 g/mol. The first-order valence-electron chi connectivity index (χ1n) is 16.1. The first-order chi connectivity index (χ1) is 23.2. The predicted molar refractivity (Wildman–Crippen MR) is 164 cm³/mol. The standard InChI is InChI=1S/C33H37F3N6O6/c1-45-30-5-3-2-4-27(30)42-16-22(37-38-42)19-47-25-15-28-32(44)40-11-10-39(23-8-12-46-13-9-23)17-24(40)20-48-29-7-6-21(33(34,35)36)14-26(29)31(43)41(28)18-25/h2-7,14,16,23-25,28H,8-13,15,17-20H2,1H3/t24-,25+,28-/m0/s1. The van der Waals surface area contributed by atoms with E-state index in [4.69, 9.17) is 18.9 Å². The molecule has 7 rings (SSSR count). The number of hydrogen-bond acceptors (Lipinski definition) is 9. The van der Waals surface area contributed by atoms with Gasteiger partial charge in [-0.1, -0.05) is 17.3 Å². The van der Waals surface area contributed by atoms with Crippen LogP contribution < -0.4 is 9.47 Å². The molecule has 0 unspecified atom stereocenters. The molecule has 3 atom stereocenters. The largest absolute Gasteiger partial charge is 0.494 e. The van der Waals surface area contributed by atoms with E-state index >= 15 is 0 Å². The number of nitrogens with zero attached hydrogens (tertiary/aromatic N) is 6. The van der Waals surface area contributed by atoms with E-state index in [-0.39, 0.29) is 49.4 Å². The highest BCUT2D eigenvalue weighted by atomic mass is 19.4. The summed E-state index contributed by atoms with van der Waals surface area (Å²) in [6.45, 7) is 3.13. The molecule has 0 spiro atoms. The van der Waals surface area contributed by atoms with Crippen LogP contribution in [0.15, 0.2) is 48.7 Å². The van der Waals surface area contributed by atoms with Gasteiger partial charge in [0.05, 0.1) is 43.2 Å². The first kappa shape index (κ1) is 32.3. The van der Waals surface area contributed by atoms with Crippen molar-refractivity contribution in [3.8, 4) is 17.2 Å². The molecule has 5 heterocycles. The lowest BCUT2D eigenvalue weighted by Gasteiger charge is -2.46. The van der Waals surface area contributed by atoms with Gasteiger partial charge in [-0.15, -0.1) is 5.10 Å². The maximum absolute atomic E-state index is 14.3. The summed E-state index contributed by atoms with van der Waals surface area (Å²) >= 11 is 0. The number of carbonyl (C=O) groups is 2. The number of aromatic nitrogens is 3. The van der Waals surface area contributed by atoms with Gasteiger partial charge in [-0.25, -0.2) is 4.68 Å². The molecule has 3 fully saturated rings. The second kappa shape index (κ2) is 13.4. The Bertz CT molecular complexity index is 1650. The molecule has 3 aromatic rings. The Kier molecular flexibility index (Phi) is 9.00. The van der Waals surface area contributed by atoms with Gasteiger partial charge >= 0.3 is 6.18 Å². The molecule has 2 aromatic carbocycles. The predicted octanol–water partition coefficient (Wildman–Crippen LogP) is 3.18. The lowest BCUT2D eigenvalue weighted by molar-refractivity contribution is -0.143. The minimum Gasteiger partial charge on any atom is -0.494 e. The highest BCUT2D eigenvalue weighted by molar-refractivity contribution is 6.00. The van der Waals surface area contributed by atoms with Crippen LogP contribution in [0.5, 0.6) is 11.5 Å². The third-order valence-corrected chi connectivity index (χ3v) is 9.62. The number of benzene rings is 2. The lowest BCUT2D eigenvalue weighted by atomic mass is 10.0. The minimum absolute atomic E-state index is 0.0122. The molecule has 0 radical (unpaired) electrons. The summed E-state index contributed by atoms with van der Waals surface area (Å²) in [7, 11) is 1.56. The zero-order valence-electron chi connectivity index (χ0n) is 26.5. The normalized spacial score (nSPS) is 24.1. The van der Waals surface area contributed by atoms with Crippen LogP contribution in [-0.2, 0) is 27.1 Å².